The van der Waals surface area contributed by atoms with Crippen LogP contribution in [0.4, 0.5) is 15.8 Å². The van der Waals surface area contributed by atoms with Crippen LogP contribution in [0.25, 0.3) is 0 Å². The summed E-state index contributed by atoms with van der Waals surface area (Å²) in [6, 6.07) is 2.90. The number of anilines is 1. The summed E-state index contributed by atoms with van der Waals surface area (Å²) in [4.78, 5) is 32.3. The number of esters is 2. The van der Waals surface area contributed by atoms with Crippen LogP contribution in [0.1, 0.15) is 0 Å². The average molecular weight is 298 g/mol. The molecule has 0 bridgehead atoms. The number of halogens is 1. The molecule has 21 heavy (non-hydrogen) atoms. The first-order chi connectivity index (χ1) is 9.88. The topological polar surface area (TPSA) is 108 Å². The maximum atomic E-state index is 13.2. The average Bonchev–Trinajstić information content (AvgIpc) is 2.46. The molecular weight excluding hydrogens is 287 g/mol. The molecule has 0 atom stereocenters. The Balaban J connectivity index is 3.12. The maximum Gasteiger partial charge on any atom is 0.354 e. The first-order valence-electron chi connectivity index (χ1n) is 5.48. The lowest BCUT2D eigenvalue weighted by Gasteiger charge is -2.09. The van der Waals surface area contributed by atoms with Gasteiger partial charge in [0.25, 0.3) is 0 Å². The number of nitrogens with zero attached hydrogens (tertiary/aromatic N) is 1. The third-order valence-corrected chi connectivity index (χ3v) is 2.29. The summed E-state index contributed by atoms with van der Waals surface area (Å²) < 4.78 is 22.0. The minimum Gasteiger partial charge on any atom is -0.466 e. The van der Waals surface area contributed by atoms with Crippen molar-refractivity contribution >= 4 is 23.3 Å². The zero-order valence-electron chi connectivity index (χ0n) is 11.1. The Kier molecular flexibility index (Phi) is 5.35. The predicted molar refractivity (Wildman–Crippen MR) is 68.8 cm³/mol. The van der Waals surface area contributed by atoms with E-state index in [-0.39, 0.29) is 11.4 Å². The Hall–Kier alpha value is -2.97. The van der Waals surface area contributed by atoms with Crippen molar-refractivity contribution in [3.05, 3.63) is 45.9 Å². The van der Waals surface area contributed by atoms with Gasteiger partial charge in [-0.05, 0) is 12.1 Å². The van der Waals surface area contributed by atoms with Crippen molar-refractivity contribution in [2.75, 3.05) is 19.5 Å². The Morgan fingerprint density at radius 2 is 2.00 bits per heavy atom. The molecule has 0 radical (unpaired) electrons. The van der Waals surface area contributed by atoms with Crippen LogP contribution < -0.4 is 5.32 Å². The van der Waals surface area contributed by atoms with Crippen LogP contribution in [0.15, 0.2) is 30.0 Å². The standard InChI is InChI=1S/C12H11FN2O6/c1-20-11(16)6-9(12(17)21-2)14-7-3-4-8(13)10(5-7)15(18)19/h3-6,14H,1-2H3/b9-6+. The van der Waals surface area contributed by atoms with Crippen molar-refractivity contribution in [3.63, 3.8) is 0 Å². The molecule has 0 aromatic heterocycles. The molecule has 0 amide bonds. The highest BCUT2D eigenvalue weighted by Gasteiger charge is 2.17. The molecule has 1 rings (SSSR count). The van der Waals surface area contributed by atoms with E-state index in [4.69, 9.17) is 0 Å². The van der Waals surface area contributed by atoms with Gasteiger partial charge < -0.3 is 14.8 Å². The molecule has 0 fully saturated rings. The molecule has 9 heteroatoms. The van der Waals surface area contributed by atoms with Gasteiger partial charge in [0.15, 0.2) is 0 Å². The SMILES string of the molecule is COC(=O)/C=C(/Nc1ccc(F)c([N+](=O)[O-])c1)C(=O)OC. The largest absolute Gasteiger partial charge is 0.466 e. The number of methoxy groups -OCH3 is 2. The molecule has 8 nitrogen and oxygen atoms in total. The van der Waals surface area contributed by atoms with Crippen molar-refractivity contribution in [1.29, 1.82) is 0 Å². The fraction of sp³-hybridized carbons (Fsp3) is 0.167. The molecule has 0 unspecified atom stereocenters. The minimum absolute atomic E-state index is 0.0312. The number of carbonyl (C=O) groups is 2. The molecule has 0 saturated heterocycles. The normalized spacial score (nSPS) is 10.7. The highest BCUT2D eigenvalue weighted by Crippen LogP contribution is 2.22. The van der Waals surface area contributed by atoms with Crippen LogP contribution in [-0.4, -0.2) is 31.1 Å². The third-order valence-electron chi connectivity index (χ3n) is 2.29. The fourth-order valence-electron chi connectivity index (χ4n) is 1.32. The number of benzene rings is 1. The number of ether oxygens (including phenoxy) is 2. The molecule has 0 saturated carbocycles. The van der Waals surface area contributed by atoms with Gasteiger partial charge in [0.1, 0.15) is 5.70 Å². The van der Waals surface area contributed by atoms with Crippen LogP contribution >= 0.6 is 0 Å². The lowest BCUT2D eigenvalue weighted by atomic mass is 10.2. The summed E-state index contributed by atoms with van der Waals surface area (Å²) in [5.74, 6) is -2.76. The maximum absolute atomic E-state index is 13.2. The van der Waals surface area contributed by atoms with Gasteiger partial charge in [0.2, 0.25) is 5.82 Å². The summed E-state index contributed by atoms with van der Waals surface area (Å²) in [6.07, 6.45) is 0.807. The molecular formula is C12H11FN2O6. The first-order valence-corrected chi connectivity index (χ1v) is 5.48. The van der Waals surface area contributed by atoms with Gasteiger partial charge in [-0.25, -0.2) is 9.59 Å². The number of nitro groups is 1. The van der Waals surface area contributed by atoms with E-state index in [1.807, 2.05) is 0 Å². The second kappa shape index (κ2) is 6.98. The number of hydrogen-bond acceptors (Lipinski definition) is 7. The number of nitrogens with one attached hydrogen (secondary N) is 1. The van der Waals surface area contributed by atoms with E-state index < -0.39 is 28.4 Å². The summed E-state index contributed by atoms with van der Waals surface area (Å²) in [7, 11) is 2.19. The summed E-state index contributed by atoms with van der Waals surface area (Å²) in [6.45, 7) is 0. The number of hydrogen-bond donors (Lipinski definition) is 1. The van der Waals surface area contributed by atoms with Crippen molar-refractivity contribution in [2.45, 2.75) is 0 Å². The van der Waals surface area contributed by atoms with Crippen LogP contribution in [0.3, 0.4) is 0 Å². The second-order valence-corrected chi connectivity index (χ2v) is 3.62. The van der Waals surface area contributed by atoms with Gasteiger partial charge in [-0.3, -0.25) is 10.1 Å². The van der Waals surface area contributed by atoms with Gasteiger partial charge in [0.05, 0.1) is 25.2 Å². The Labute approximate surface area is 118 Å². The first kappa shape index (κ1) is 16.1. The highest BCUT2D eigenvalue weighted by molar-refractivity contribution is 5.98. The number of rotatable bonds is 5. The summed E-state index contributed by atoms with van der Waals surface area (Å²) >= 11 is 0. The van der Waals surface area contributed by atoms with Gasteiger partial charge in [-0.2, -0.15) is 4.39 Å². The van der Waals surface area contributed by atoms with E-state index in [2.05, 4.69) is 14.8 Å². The van der Waals surface area contributed by atoms with Crippen molar-refractivity contribution in [2.24, 2.45) is 0 Å². The van der Waals surface area contributed by atoms with Gasteiger partial charge >= 0.3 is 17.6 Å². The predicted octanol–water partition coefficient (Wildman–Crippen LogP) is 1.38. The molecule has 0 heterocycles. The van der Waals surface area contributed by atoms with E-state index in [9.17, 15) is 24.1 Å². The van der Waals surface area contributed by atoms with Crippen LogP contribution in [-0.2, 0) is 19.1 Å². The Morgan fingerprint density at radius 1 is 1.33 bits per heavy atom. The molecule has 1 aromatic carbocycles. The zero-order chi connectivity index (χ0) is 16.0. The van der Waals surface area contributed by atoms with E-state index in [1.165, 1.54) is 0 Å². The molecule has 0 aliphatic rings. The van der Waals surface area contributed by atoms with Crippen molar-refractivity contribution in [3.8, 4) is 0 Å². The quantitative estimate of drug-likeness (QED) is 0.378. The van der Waals surface area contributed by atoms with Crippen LogP contribution in [0.2, 0.25) is 0 Å². The van der Waals surface area contributed by atoms with Gasteiger partial charge in [-0.15, -0.1) is 0 Å². The van der Waals surface area contributed by atoms with Crippen molar-refractivity contribution in [1.82, 2.24) is 0 Å². The molecule has 1 N–H and O–H groups in total. The van der Waals surface area contributed by atoms with Gasteiger partial charge in [0, 0.05) is 11.8 Å². The van der Waals surface area contributed by atoms with E-state index in [0.717, 1.165) is 38.5 Å². The van der Waals surface area contributed by atoms with Crippen LogP contribution in [0.5, 0.6) is 0 Å². The van der Waals surface area contributed by atoms with Crippen LogP contribution in [0, 0.1) is 15.9 Å². The number of carbonyl (C=O) groups excluding carboxylic acids is 2. The molecule has 0 aliphatic heterocycles. The van der Waals surface area contributed by atoms with Crippen molar-refractivity contribution < 1.29 is 28.4 Å². The number of nitro benzene ring substituents is 1. The summed E-state index contributed by atoms with van der Waals surface area (Å²) in [5, 5.41) is 13.1. The Bertz CT molecular complexity index is 614. The Morgan fingerprint density at radius 3 is 2.52 bits per heavy atom. The van der Waals surface area contributed by atoms with E-state index >= 15 is 0 Å². The lowest BCUT2D eigenvalue weighted by molar-refractivity contribution is -0.387. The molecule has 0 aliphatic carbocycles. The lowest BCUT2D eigenvalue weighted by Crippen LogP contribution is -2.15. The third kappa shape index (κ3) is 4.27. The summed E-state index contributed by atoms with van der Waals surface area (Å²) in [5.41, 5.74) is -1.06. The zero-order valence-corrected chi connectivity index (χ0v) is 11.1. The van der Waals surface area contributed by atoms with E-state index in [0.29, 0.717) is 0 Å². The molecule has 112 valence electrons. The minimum atomic E-state index is -1.03. The smallest absolute Gasteiger partial charge is 0.354 e. The fourth-order valence-corrected chi connectivity index (χ4v) is 1.32. The van der Waals surface area contributed by atoms with E-state index in [1.54, 1.807) is 0 Å². The second-order valence-electron chi connectivity index (χ2n) is 3.62. The highest BCUT2D eigenvalue weighted by atomic mass is 19.1. The molecule has 1 aromatic rings. The van der Waals surface area contributed by atoms with Gasteiger partial charge in [-0.1, -0.05) is 0 Å². The monoisotopic (exact) mass is 298 g/mol. The molecule has 0 spiro atoms.